The monoisotopic (exact) mass is 538 g/mol. The molecule has 0 aliphatic heterocycles. The highest BCUT2D eigenvalue weighted by atomic mass is 16.3. The molecule has 7 aromatic carbocycles. The van der Waals surface area contributed by atoms with Gasteiger partial charge in [0.1, 0.15) is 44.7 Å². The van der Waals surface area contributed by atoms with Crippen LogP contribution in [0.5, 0.6) is 0 Å². The molecule has 0 N–H and O–H groups in total. The largest absolute Gasteiger partial charge is 0.456 e. The van der Waals surface area contributed by atoms with E-state index in [9.17, 15) is 0 Å². The Morgan fingerprint density at radius 2 is 0.595 bits per heavy atom. The summed E-state index contributed by atoms with van der Waals surface area (Å²) in [5, 5.41) is 13.0. The summed E-state index contributed by atoms with van der Waals surface area (Å²) in [5.41, 5.74) is 6.80. The molecule has 0 saturated carbocycles. The van der Waals surface area contributed by atoms with Gasteiger partial charge in [0.15, 0.2) is 0 Å². The number of hydrogen-bond donors (Lipinski definition) is 0. The summed E-state index contributed by atoms with van der Waals surface area (Å²) in [7, 11) is 0. The average Bonchev–Trinajstić information content (AvgIpc) is 3.57. The van der Waals surface area contributed by atoms with Gasteiger partial charge in [0, 0.05) is 53.9 Å². The minimum absolute atomic E-state index is 0.830. The first-order chi connectivity index (χ1) is 20.8. The smallest absolute Gasteiger partial charge is 0.136 e. The number of hydrogen-bond acceptors (Lipinski definition) is 4. The maximum Gasteiger partial charge on any atom is 0.136 e. The van der Waals surface area contributed by atoms with Crippen LogP contribution in [0.4, 0.5) is 0 Å². The normalized spacial score (nSPS) is 12.8. The zero-order valence-electron chi connectivity index (χ0n) is 22.0. The summed E-state index contributed by atoms with van der Waals surface area (Å²) in [6.07, 6.45) is 0. The van der Waals surface area contributed by atoms with Gasteiger partial charge in [-0.25, -0.2) is 0 Å². The second kappa shape index (κ2) is 7.12. The van der Waals surface area contributed by atoms with Gasteiger partial charge in [-0.15, -0.1) is 0 Å². The molecule has 0 saturated heterocycles. The van der Waals surface area contributed by atoms with Crippen molar-refractivity contribution in [1.82, 2.24) is 0 Å². The Bertz CT molecular complexity index is 2760. The van der Waals surface area contributed by atoms with E-state index in [4.69, 9.17) is 17.7 Å². The van der Waals surface area contributed by atoms with Gasteiger partial charge in [-0.2, -0.15) is 0 Å². The molecule has 42 heavy (non-hydrogen) atoms. The molecule has 4 aromatic heterocycles. The molecule has 4 nitrogen and oxygen atoms in total. The van der Waals surface area contributed by atoms with Crippen molar-refractivity contribution in [3.63, 3.8) is 0 Å². The SMILES string of the molecule is c1ccc2c(c1)oc1cc3c(cc12)oc1cccc2c1c3c1cccc3oc4cc5c(cc4c2c31)oc1ccccc15. The Hall–Kier alpha value is -5.74. The van der Waals surface area contributed by atoms with Crippen molar-refractivity contribution in [3.8, 4) is 0 Å². The number of rotatable bonds is 0. The molecule has 11 rings (SSSR count). The van der Waals surface area contributed by atoms with E-state index >= 15 is 0 Å². The van der Waals surface area contributed by atoms with Gasteiger partial charge in [-0.3, -0.25) is 0 Å². The van der Waals surface area contributed by atoms with E-state index in [-0.39, 0.29) is 0 Å². The van der Waals surface area contributed by atoms with E-state index < -0.39 is 0 Å². The molecule has 0 atom stereocenters. The lowest BCUT2D eigenvalue weighted by atomic mass is 9.90. The molecule has 194 valence electrons. The lowest BCUT2D eigenvalue weighted by Gasteiger charge is -2.17. The third-order valence-corrected chi connectivity index (χ3v) is 9.03. The van der Waals surface area contributed by atoms with Crippen LogP contribution >= 0.6 is 0 Å². The first-order valence-corrected chi connectivity index (χ1v) is 14.1. The molecule has 0 aliphatic carbocycles. The Kier molecular flexibility index (Phi) is 3.57. The van der Waals surface area contributed by atoms with Gasteiger partial charge in [0.25, 0.3) is 0 Å². The van der Waals surface area contributed by atoms with Crippen LogP contribution < -0.4 is 0 Å². The van der Waals surface area contributed by atoms with Crippen molar-refractivity contribution in [1.29, 1.82) is 0 Å². The van der Waals surface area contributed by atoms with E-state index in [0.29, 0.717) is 0 Å². The summed E-state index contributed by atoms with van der Waals surface area (Å²) >= 11 is 0. The van der Waals surface area contributed by atoms with Crippen LogP contribution in [0.2, 0.25) is 0 Å². The van der Waals surface area contributed by atoms with E-state index in [1.54, 1.807) is 0 Å². The van der Waals surface area contributed by atoms with Gasteiger partial charge in [-0.05, 0) is 59.3 Å². The van der Waals surface area contributed by atoms with E-state index in [2.05, 4.69) is 72.8 Å². The summed E-state index contributed by atoms with van der Waals surface area (Å²) in [6, 6.07) is 37.5. The van der Waals surface area contributed by atoms with Crippen LogP contribution in [0.3, 0.4) is 0 Å². The molecular formula is C38H18O4. The third-order valence-electron chi connectivity index (χ3n) is 9.03. The average molecular weight is 539 g/mol. The van der Waals surface area contributed by atoms with Crippen LogP contribution in [0.25, 0.3) is 109 Å². The van der Waals surface area contributed by atoms with Crippen LogP contribution in [0.1, 0.15) is 0 Å². The van der Waals surface area contributed by atoms with Gasteiger partial charge < -0.3 is 17.7 Å². The maximum atomic E-state index is 6.68. The summed E-state index contributed by atoms with van der Waals surface area (Å²) in [4.78, 5) is 0. The summed E-state index contributed by atoms with van der Waals surface area (Å²) in [6.45, 7) is 0. The second-order valence-electron chi connectivity index (χ2n) is 11.2. The quantitative estimate of drug-likeness (QED) is 0.142. The number of benzene rings is 7. The number of fused-ring (bicyclic) bond motifs is 12. The predicted octanol–water partition coefficient (Wildman–Crippen LogP) is 11.6. The molecule has 0 spiro atoms. The summed E-state index contributed by atoms with van der Waals surface area (Å²) < 4.78 is 26.0. The zero-order valence-corrected chi connectivity index (χ0v) is 22.0. The van der Waals surface area contributed by atoms with Crippen molar-refractivity contribution in [3.05, 3.63) is 109 Å². The van der Waals surface area contributed by atoms with Crippen LogP contribution in [-0.2, 0) is 0 Å². The van der Waals surface area contributed by atoms with Crippen LogP contribution in [-0.4, -0.2) is 0 Å². The number of para-hydroxylation sites is 2. The molecule has 0 radical (unpaired) electrons. The highest BCUT2D eigenvalue weighted by Gasteiger charge is 2.22. The van der Waals surface area contributed by atoms with Crippen molar-refractivity contribution in [2.24, 2.45) is 0 Å². The van der Waals surface area contributed by atoms with Gasteiger partial charge >= 0.3 is 0 Å². The maximum absolute atomic E-state index is 6.68. The fourth-order valence-electron chi connectivity index (χ4n) is 7.29. The standard InChI is InChI=1S/C38H18O4/c1-3-11-27-19(7-1)23-15-33-25(17-31(23)39-27)35-21-9-6-14-30-38(21)36(22-10-5-13-29(41-33)37(22)35)26-18-32-24(16-34(26)42-30)20-8-2-4-12-28(20)40-32/h1-18H. The fraction of sp³-hybridized carbons (Fsp3) is 0. The first kappa shape index (κ1) is 21.1. The van der Waals surface area contributed by atoms with E-state index in [1.807, 2.05) is 36.4 Å². The highest BCUT2D eigenvalue weighted by Crippen LogP contribution is 2.47. The van der Waals surface area contributed by atoms with Crippen molar-refractivity contribution < 1.29 is 17.7 Å². The van der Waals surface area contributed by atoms with E-state index in [1.165, 1.54) is 0 Å². The van der Waals surface area contributed by atoms with Crippen molar-refractivity contribution in [2.75, 3.05) is 0 Å². The predicted molar refractivity (Wildman–Crippen MR) is 171 cm³/mol. The lowest BCUT2D eigenvalue weighted by molar-refractivity contribution is 0.658. The lowest BCUT2D eigenvalue weighted by Crippen LogP contribution is -1.90. The Balaban J connectivity index is 1.40. The van der Waals surface area contributed by atoms with Crippen molar-refractivity contribution in [2.45, 2.75) is 0 Å². The van der Waals surface area contributed by atoms with Crippen LogP contribution in [0.15, 0.2) is 127 Å². The molecular weight excluding hydrogens is 520 g/mol. The topological polar surface area (TPSA) is 52.6 Å². The van der Waals surface area contributed by atoms with Gasteiger partial charge in [-0.1, -0.05) is 60.7 Å². The van der Waals surface area contributed by atoms with Gasteiger partial charge in [0.2, 0.25) is 0 Å². The molecule has 11 aromatic rings. The van der Waals surface area contributed by atoms with Crippen molar-refractivity contribution >= 4 is 109 Å². The molecule has 0 bridgehead atoms. The van der Waals surface area contributed by atoms with E-state index in [0.717, 1.165) is 109 Å². The van der Waals surface area contributed by atoms with Crippen LogP contribution in [0, 0.1) is 0 Å². The molecule has 4 heteroatoms. The minimum Gasteiger partial charge on any atom is -0.456 e. The molecule has 0 amide bonds. The second-order valence-corrected chi connectivity index (χ2v) is 11.2. The zero-order chi connectivity index (χ0) is 27.1. The Morgan fingerprint density at radius 3 is 1.10 bits per heavy atom. The fourth-order valence-corrected chi connectivity index (χ4v) is 7.29. The highest BCUT2D eigenvalue weighted by molar-refractivity contribution is 6.40. The molecule has 4 heterocycles. The first-order valence-electron chi connectivity index (χ1n) is 14.1. The Labute approximate surface area is 235 Å². The molecule has 0 aliphatic rings. The van der Waals surface area contributed by atoms with Gasteiger partial charge in [0.05, 0.1) is 0 Å². The Morgan fingerprint density at radius 1 is 0.238 bits per heavy atom. The molecule has 0 fully saturated rings. The summed E-state index contributed by atoms with van der Waals surface area (Å²) in [5.74, 6) is 0. The molecule has 0 unspecified atom stereocenters. The minimum atomic E-state index is 0.830. The third kappa shape index (κ3) is 2.45. The number of furan rings is 2.